The van der Waals surface area contributed by atoms with Crippen LogP contribution in [0.5, 0.6) is 0 Å². The van der Waals surface area contributed by atoms with Gasteiger partial charge in [0.1, 0.15) is 0 Å². The molecule has 2 amide bonds. The minimum absolute atomic E-state index is 0.00111. The number of aliphatic hydroxyl groups is 1. The standard InChI is InChI=1S/C41H35NO7S/c1-25-36(24-50-33-19-17-30(18-20-33)40(46)47)48-41(49-37(25)29-11-9-26(23-43)10-12-29)31-15-13-28(14-16-31)32-6-4-5-27(21-32)22-42-38(44)34-7-2-3-8-35(34)39(42)45/h2-21,25,36-37,41,43H,22-24H2,1H3,(H,46,47)/t25-,36+,37+,41+/m1/s1. The molecular formula is C41H35NO7S. The summed E-state index contributed by atoms with van der Waals surface area (Å²) in [5.74, 6) is -0.881. The number of thioether (sulfide) groups is 1. The number of hydrogen-bond donors (Lipinski definition) is 2. The predicted octanol–water partition coefficient (Wildman–Crippen LogP) is 7.92. The van der Waals surface area contributed by atoms with Crippen molar-refractivity contribution in [2.24, 2.45) is 5.92 Å². The van der Waals surface area contributed by atoms with Gasteiger partial charge in [-0.3, -0.25) is 14.5 Å². The molecule has 2 N–H and O–H groups in total. The second kappa shape index (κ2) is 14.4. The number of ether oxygens (including phenoxy) is 2. The van der Waals surface area contributed by atoms with Gasteiger partial charge in [-0.1, -0.05) is 85.8 Å². The van der Waals surface area contributed by atoms with Crippen molar-refractivity contribution in [3.05, 3.63) is 160 Å². The number of imide groups is 1. The van der Waals surface area contributed by atoms with E-state index in [4.69, 9.17) is 9.47 Å². The zero-order valence-electron chi connectivity index (χ0n) is 27.3. The molecular weight excluding hydrogens is 651 g/mol. The number of aromatic carboxylic acids is 1. The lowest BCUT2D eigenvalue weighted by Crippen LogP contribution is -2.38. The molecule has 2 aliphatic rings. The molecule has 50 heavy (non-hydrogen) atoms. The molecule has 5 aromatic rings. The van der Waals surface area contributed by atoms with E-state index < -0.39 is 12.3 Å². The maximum Gasteiger partial charge on any atom is 0.335 e. The van der Waals surface area contributed by atoms with Crippen molar-refractivity contribution >= 4 is 29.5 Å². The molecule has 0 aliphatic carbocycles. The summed E-state index contributed by atoms with van der Waals surface area (Å²) in [7, 11) is 0. The van der Waals surface area contributed by atoms with Crippen molar-refractivity contribution in [3.63, 3.8) is 0 Å². The van der Waals surface area contributed by atoms with E-state index in [2.05, 4.69) is 6.92 Å². The summed E-state index contributed by atoms with van der Waals surface area (Å²) in [5.41, 5.74) is 6.57. The topological polar surface area (TPSA) is 113 Å². The highest BCUT2D eigenvalue weighted by molar-refractivity contribution is 7.99. The van der Waals surface area contributed by atoms with Crippen LogP contribution in [0.3, 0.4) is 0 Å². The first-order valence-corrected chi connectivity index (χ1v) is 17.4. The first-order chi connectivity index (χ1) is 24.3. The third-order valence-electron chi connectivity index (χ3n) is 9.30. The van der Waals surface area contributed by atoms with Gasteiger partial charge in [0.25, 0.3) is 11.8 Å². The summed E-state index contributed by atoms with van der Waals surface area (Å²) in [5, 5.41) is 18.8. The summed E-state index contributed by atoms with van der Waals surface area (Å²) >= 11 is 1.61. The van der Waals surface area contributed by atoms with Crippen LogP contribution in [0.4, 0.5) is 0 Å². The number of nitrogens with zero attached hydrogens (tertiary/aromatic N) is 1. The quantitative estimate of drug-likeness (QED) is 0.113. The lowest BCUT2D eigenvalue weighted by atomic mass is 9.91. The molecule has 2 aliphatic heterocycles. The summed E-state index contributed by atoms with van der Waals surface area (Å²) in [6, 6.07) is 37.4. The number of fused-ring (bicyclic) bond motifs is 1. The van der Waals surface area contributed by atoms with E-state index in [0.717, 1.165) is 38.3 Å². The molecule has 2 heterocycles. The first kappa shape index (κ1) is 33.4. The molecule has 5 aromatic carbocycles. The number of rotatable bonds is 10. The molecule has 4 atom stereocenters. The Morgan fingerprint density at radius 2 is 1.40 bits per heavy atom. The van der Waals surface area contributed by atoms with Gasteiger partial charge in [0.15, 0.2) is 6.29 Å². The highest BCUT2D eigenvalue weighted by Crippen LogP contribution is 2.43. The Balaban J connectivity index is 1.09. The Labute approximate surface area is 294 Å². The van der Waals surface area contributed by atoms with E-state index in [1.165, 1.54) is 4.90 Å². The third-order valence-corrected chi connectivity index (χ3v) is 10.4. The molecule has 0 radical (unpaired) electrons. The SMILES string of the molecule is C[C@@H]1[C@H](CSc2ccc(C(=O)O)cc2)O[C@H](c2ccc(-c3cccc(CN4C(=O)c5ccccc5C4=O)c3)cc2)O[C@@H]1c1ccc(CO)cc1. The van der Waals surface area contributed by atoms with Gasteiger partial charge in [-0.2, -0.15) is 0 Å². The number of carboxylic acids is 1. The second-order valence-corrected chi connectivity index (χ2v) is 13.6. The van der Waals surface area contributed by atoms with Crippen molar-refractivity contribution in [2.45, 2.75) is 43.5 Å². The van der Waals surface area contributed by atoms with Gasteiger partial charge in [0.05, 0.1) is 42.0 Å². The van der Waals surface area contributed by atoms with Gasteiger partial charge >= 0.3 is 5.97 Å². The maximum atomic E-state index is 12.9. The first-order valence-electron chi connectivity index (χ1n) is 16.4. The van der Waals surface area contributed by atoms with Crippen LogP contribution in [-0.2, 0) is 22.6 Å². The number of aliphatic hydroxyl groups excluding tert-OH is 1. The smallest absolute Gasteiger partial charge is 0.335 e. The van der Waals surface area contributed by atoms with Gasteiger partial charge in [-0.05, 0) is 70.3 Å². The maximum absolute atomic E-state index is 12.9. The van der Waals surface area contributed by atoms with E-state index in [1.807, 2.05) is 84.9 Å². The third kappa shape index (κ3) is 6.86. The van der Waals surface area contributed by atoms with E-state index >= 15 is 0 Å². The summed E-state index contributed by atoms with van der Waals surface area (Å²) in [4.78, 5) is 39.4. The highest BCUT2D eigenvalue weighted by atomic mass is 32.2. The molecule has 8 nitrogen and oxygen atoms in total. The van der Waals surface area contributed by atoms with Crippen molar-refractivity contribution < 1.29 is 34.1 Å². The fraction of sp³-hybridized carbons (Fsp3) is 0.195. The van der Waals surface area contributed by atoms with Gasteiger partial charge in [-0.15, -0.1) is 11.8 Å². The number of hydrogen-bond acceptors (Lipinski definition) is 7. The Kier molecular flexibility index (Phi) is 9.65. The molecule has 0 unspecified atom stereocenters. The number of carbonyl (C=O) groups excluding carboxylic acids is 2. The van der Waals surface area contributed by atoms with E-state index in [-0.39, 0.29) is 48.7 Å². The van der Waals surface area contributed by atoms with Crippen LogP contribution >= 0.6 is 11.8 Å². The molecule has 7 rings (SSSR count). The molecule has 1 fully saturated rings. The fourth-order valence-electron chi connectivity index (χ4n) is 6.43. The van der Waals surface area contributed by atoms with Gasteiger partial charge in [0, 0.05) is 22.1 Å². The van der Waals surface area contributed by atoms with Gasteiger partial charge in [-0.25, -0.2) is 4.79 Å². The fourth-order valence-corrected chi connectivity index (χ4v) is 7.50. The predicted molar refractivity (Wildman–Crippen MR) is 190 cm³/mol. The number of carboxylic acid groups (broad SMARTS) is 1. The molecule has 0 saturated carbocycles. The van der Waals surface area contributed by atoms with Gasteiger partial charge < -0.3 is 19.7 Å². The zero-order chi connectivity index (χ0) is 34.8. The van der Waals surface area contributed by atoms with Crippen LogP contribution < -0.4 is 0 Å². The largest absolute Gasteiger partial charge is 0.478 e. The monoisotopic (exact) mass is 685 g/mol. The molecule has 252 valence electrons. The van der Waals surface area contributed by atoms with Crippen molar-refractivity contribution in [2.75, 3.05) is 5.75 Å². The van der Waals surface area contributed by atoms with Crippen LogP contribution in [0.15, 0.2) is 126 Å². The number of carbonyl (C=O) groups is 3. The number of amides is 2. The van der Waals surface area contributed by atoms with E-state index in [9.17, 15) is 24.6 Å². The lowest BCUT2D eigenvalue weighted by molar-refractivity contribution is -0.268. The molecule has 0 aromatic heterocycles. The zero-order valence-corrected chi connectivity index (χ0v) is 28.1. The second-order valence-electron chi connectivity index (χ2n) is 12.5. The van der Waals surface area contributed by atoms with Crippen molar-refractivity contribution in [3.8, 4) is 11.1 Å². The van der Waals surface area contributed by atoms with Crippen LogP contribution in [-0.4, -0.2) is 44.8 Å². The molecule has 0 bridgehead atoms. The lowest BCUT2D eigenvalue weighted by Gasteiger charge is -2.41. The van der Waals surface area contributed by atoms with E-state index in [0.29, 0.717) is 16.9 Å². The highest BCUT2D eigenvalue weighted by Gasteiger charge is 2.38. The average Bonchev–Trinajstić information content (AvgIpc) is 3.39. The Morgan fingerprint density at radius 1 is 0.740 bits per heavy atom. The average molecular weight is 686 g/mol. The minimum atomic E-state index is -0.957. The summed E-state index contributed by atoms with van der Waals surface area (Å²) < 4.78 is 13.2. The van der Waals surface area contributed by atoms with Crippen molar-refractivity contribution in [1.29, 1.82) is 0 Å². The summed E-state index contributed by atoms with van der Waals surface area (Å²) in [6.07, 6.45) is -1.08. The minimum Gasteiger partial charge on any atom is -0.478 e. The van der Waals surface area contributed by atoms with Crippen LogP contribution in [0.1, 0.15) is 72.6 Å². The Hall–Kier alpha value is -5.06. The molecule has 0 spiro atoms. The van der Waals surface area contributed by atoms with Crippen LogP contribution in [0.2, 0.25) is 0 Å². The van der Waals surface area contributed by atoms with Crippen LogP contribution in [0, 0.1) is 5.92 Å². The van der Waals surface area contributed by atoms with E-state index in [1.54, 1.807) is 48.2 Å². The van der Waals surface area contributed by atoms with Crippen LogP contribution in [0.25, 0.3) is 11.1 Å². The Morgan fingerprint density at radius 3 is 2.04 bits per heavy atom. The van der Waals surface area contributed by atoms with Gasteiger partial charge in [0.2, 0.25) is 0 Å². The summed E-state index contributed by atoms with van der Waals surface area (Å²) in [6.45, 7) is 2.26. The van der Waals surface area contributed by atoms with Crippen molar-refractivity contribution in [1.82, 2.24) is 4.90 Å². The molecule has 1 saturated heterocycles. The number of benzene rings is 5. The Bertz CT molecular complexity index is 1990. The molecule has 9 heteroatoms. The normalized spacial score (nSPS) is 20.2.